The maximum absolute atomic E-state index is 12.8. The lowest BCUT2D eigenvalue weighted by Gasteiger charge is -2.21. The quantitative estimate of drug-likeness (QED) is 0.0146. The van der Waals surface area contributed by atoms with Crippen LogP contribution in [0.1, 0.15) is 201 Å². The molecule has 0 saturated carbocycles. The molecule has 18 heteroatoms. The number of ether oxygens (including phenoxy) is 3. The van der Waals surface area contributed by atoms with Gasteiger partial charge in [-0.3, -0.25) is 32.5 Å². The molecule has 452 valence electrons. The van der Waals surface area contributed by atoms with Crippen molar-refractivity contribution in [3.8, 4) is 0 Å². The first-order valence-corrected chi connectivity index (χ1v) is 32.2. The molecule has 5 unspecified atom stereocenters. The molecule has 5 atom stereocenters. The van der Waals surface area contributed by atoms with Crippen molar-refractivity contribution in [1.29, 1.82) is 0 Å². The van der Waals surface area contributed by atoms with Crippen LogP contribution in [0.2, 0.25) is 0 Å². The number of rotatable bonds is 54. The Hall–Kier alpha value is -3.79. The van der Waals surface area contributed by atoms with Crippen molar-refractivity contribution in [1.82, 2.24) is 0 Å². The average molecular weight is 1150 g/mol. The van der Waals surface area contributed by atoms with Crippen LogP contribution in [0.3, 0.4) is 0 Å². The molecule has 79 heavy (non-hydrogen) atoms. The van der Waals surface area contributed by atoms with Crippen LogP contribution in [0.4, 0.5) is 0 Å². The molecular formula is C61H102O16P2. The van der Waals surface area contributed by atoms with Crippen LogP contribution >= 0.6 is 15.6 Å². The van der Waals surface area contributed by atoms with Crippen LogP contribution in [0.5, 0.6) is 0 Å². The third kappa shape index (κ3) is 55.9. The van der Waals surface area contributed by atoms with Gasteiger partial charge in [-0.2, -0.15) is 0 Å². The Morgan fingerprint density at radius 2 is 0.684 bits per heavy atom. The van der Waals surface area contributed by atoms with E-state index in [1.807, 2.05) is 12.2 Å². The van der Waals surface area contributed by atoms with Crippen LogP contribution < -0.4 is 0 Å². The van der Waals surface area contributed by atoms with E-state index in [-0.39, 0.29) is 19.3 Å². The second kappa shape index (κ2) is 54.8. The van der Waals surface area contributed by atoms with E-state index in [4.69, 9.17) is 32.3 Å². The minimum absolute atomic E-state index is 0.0814. The highest BCUT2D eigenvalue weighted by molar-refractivity contribution is 7.47. The summed E-state index contributed by atoms with van der Waals surface area (Å²) in [7, 11) is -9.78. The van der Waals surface area contributed by atoms with E-state index in [1.165, 1.54) is 0 Å². The first-order valence-electron chi connectivity index (χ1n) is 29.2. The Balaban J connectivity index is 4.74. The molecule has 4 N–H and O–H groups in total. The first-order chi connectivity index (χ1) is 38.2. The van der Waals surface area contributed by atoms with Gasteiger partial charge in [-0.15, -0.1) is 0 Å². The summed E-state index contributed by atoms with van der Waals surface area (Å²) < 4.78 is 60.5. The Labute approximate surface area is 475 Å². The average Bonchev–Trinajstić information content (AvgIpc) is 3.42. The van der Waals surface area contributed by atoms with Gasteiger partial charge in [0.05, 0.1) is 26.4 Å². The highest BCUT2D eigenvalue weighted by Gasteiger charge is 2.29. The van der Waals surface area contributed by atoms with Gasteiger partial charge in [0.1, 0.15) is 25.4 Å². The maximum atomic E-state index is 12.8. The summed E-state index contributed by atoms with van der Waals surface area (Å²) in [5, 5.41) is 20.4. The van der Waals surface area contributed by atoms with Gasteiger partial charge < -0.3 is 34.2 Å². The van der Waals surface area contributed by atoms with Crippen molar-refractivity contribution in [2.75, 3.05) is 39.6 Å². The Morgan fingerprint density at radius 3 is 1.11 bits per heavy atom. The lowest BCUT2D eigenvalue weighted by molar-refractivity contribution is -0.161. The molecule has 0 rings (SSSR count). The zero-order valence-electron chi connectivity index (χ0n) is 48.2. The molecule has 0 aliphatic heterocycles. The molecule has 0 amide bonds. The normalized spacial score (nSPS) is 15.3. The number of esters is 3. The number of aliphatic hydroxyl groups is 2. The Kier molecular flexibility index (Phi) is 52.2. The van der Waals surface area contributed by atoms with Crippen LogP contribution in [0, 0.1) is 0 Å². The largest absolute Gasteiger partial charge is 0.472 e. The second-order valence-electron chi connectivity index (χ2n) is 19.1. The van der Waals surface area contributed by atoms with Crippen molar-refractivity contribution in [3.05, 3.63) is 109 Å². The molecular weight excluding hydrogens is 1050 g/mol. The summed E-state index contributed by atoms with van der Waals surface area (Å²) in [5.41, 5.74) is 0. The molecule has 0 bridgehead atoms. The van der Waals surface area contributed by atoms with E-state index >= 15 is 0 Å². The molecule has 0 heterocycles. The maximum Gasteiger partial charge on any atom is 0.472 e. The van der Waals surface area contributed by atoms with Crippen molar-refractivity contribution < 1.29 is 75.8 Å². The van der Waals surface area contributed by atoms with Gasteiger partial charge in [0.25, 0.3) is 0 Å². The van der Waals surface area contributed by atoms with E-state index in [0.29, 0.717) is 25.7 Å². The predicted molar refractivity (Wildman–Crippen MR) is 316 cm³/mol. The van der Waals surface area contributed by atoms with Crippen molar-refractivity contribution in [2.24, 2.45) is 0 Å². The molecule has 16 nitrogen and oxygen atoms in total. The standard InChI is InChI=1S/C61H102O16P2/c1-4-7-10-13-16-19-22-25-26-27-28-31-33-35-38-41-44-47-59(64)71-50-56(62)51-73-78(67,68)74-52-57(63)53-75-79(69,70)76-55-58(77-61(66)49-46-43-40-37-34-30-24-21-18-15-12-9-6-3)54-72-60(65)48-45-42-39-36-32-29-23-20-17-14-11-8-5-2/h7,10-12,14-16,19-21,23-26,28,31,35,38,56-58,62-63H,4-6,8-9,13,17-18,22,27,29-30,32-34,36-37,39-55H2,1-3H3,(H,67,68)(H,69,70)/b10-7-,14-11-,15-12-,19-16-,23-20-,24-21-,26-25-,31-28-,38-35-. The summed E-state index contributed by atoms with van der Waals surface area (Å²) in [6.45, 7) is 2.27. The number of hydrogen-bond acceptors (Lipinski definition) is 14. The van der Waals surface area contributed by atoms with Crippen molar-refractivity contribution >= 4 is 33.6 Å². The predicted octanol–water partition coefficient (Wildman–Crippen LogP) is 15.0. The summed E-state index contributed by atoms with van der Waals surface area (Å²) in [4.78, 5) is 58.0. The van der Waals surface area contributed by atoms with E-state index < -0.39 is 91.5 Å². The smallest absolute Gasteiger partial charge is 0.463 e. The van der Waals surface area contributed by atoms with Gasteiger partial charge in [-0.05, 0) is 109 Å². The lowest BCUT2D eigenvalue weighted by atomic mass is 10.1. The molecule has 0 radical (unpaired) electrons. The van der Waals surface area contributed by atoms with Gasteiger partial charge >= 0.3 is 33.6 Å². The van der Waals surface area contributed by atoms with Crippen LogP contribution in [0.15, 0.2) is 109 Å². The zero-order chi connectivity index (χ0) is 58.2. The van der Waals surface area contributed by atoms with Gasteiger partial charge in [0.2, 0.25) is 0 Å². The van der Waals surface area contributed by atoms with Crippen LogP contribution in [0.25, 0.3) is 0 Å². The highest BCUT2D eigenvalue weighted by Crippen LogP contribution is 2.45. The minimum atomic E-state index is -4.93. The number of carbonyl (C=O) groups is 3. The van der Waals surface area contributed by atoms with Crippen molar-refractivity contribution in [2.45, 2.75) is 219 Å². The number of aliphatic hydroxyl groups excluding tert-OH is 2. The van der Waals surface area contributed by atoms with Gasteiger partial charge in [0, 0.05) is 19.3 Å². The fourth-order valence-electron chi connectivity index (χ4n) is 6.97. The fraction of sp³-hybridized carbons (Fsp3) is 0.656. The topological polar surface area (TPSA) is 231 Å². The summed E-state index contributed by atoms with van der Waals surface area (Å²) in [5.74, 6) is -1.67. The summed E-state index contributed by atoms with van der Waals surface area (Å²) in [6, 6.07) is 0. The van der Waals surface area contributed by atoms with Crippen molar-refractivity contribution in [3.63, 3.8) is 0 Å². The first kappa shape index (κ1) is 75.2. The second-order valence-corrected chi connectivity index (χ2v) is 22.0. The monoisotopic (exact) mass is 1150 g/mol. The van der Waals surface area contributed by atoms with Gasteiger partial charge in [-0.25, -0.2) is 9.13 Å². The molecule has 0 aliphatic rings. The molecule has 0 spiro atoms. The van der Waals surface area contributed by atoms with Gasteiger partial charge in [0.15, 0.2) is 6.10 Å². The number of phosphoric acid groups is 2. The Morgan fingerprint density at radius 1 is 0.367 bits per heavy atom. The number of phosphoric ester groups is 2. The van der Waals surface area contributed by atoms with Gasteiger partial charge in [-0.1, -0.05) is 182 Å². The Bertz CT molecular complexity index is 1890. The lowest BCUT2D eigenvalue weighted by Crippen LogP contribution is -2.30. The highest BCUT2D eigenvalue weighted by atomic mass is 31.2. The minimum Gasteiger partial charge on any atom is -0.463 e. The molecule has 0 saturated heterocycles. The number of hydrogen-bond donors (Lipinski definition) is 4. The molecule has 0 fully saturated rings. The molecule has 0 aromatic rings. The fourth-order valence-corrected chi connectivity index (χ4v) is 8.56. The summed E-state index contributed by atoms with van der Waals surface area (Å²) >= 11 is 0. The number of carbonyl (C=O) groups excluding carboxylic acids is 3. The molecule has 0 aliphatic carbocycles. The van der Waals surface area contributed by atoms with E-state index in [2.05, 4.69) is 118 Å². The van der Waals surface area contributed by atoms with E-state index in [1.54, 1.807) is 0 Å². The van der Waals surface area contributed by atoms with Crippen LogP contribution in [-0.2, 0) is 55.8 Å². The molecule has 0 aromatic carbocycles. The zero-order valence-corrected chi connectivity index (χ0v) is 50.0. The molecule has 0 aromatic heterocycles. The number of allylic oxidation sites excluding steroid dienone is 18. The van der Waals surface area contributed by atoms with Crippen LogP contribution in [-0.4, -0.2) is 95.9 Å². The third-order valence-electron chi connectivity index (χ3n) is 11.4. The SMILES string of the molecule is CC/C=C\C/C=C\C/C=C\C/C=C\C/C=C\CCCC(=O)OCC(O)COP(=O)(O)OCC(O)COP(=O)(O)OCC(COC(=O)CCCCCCC/C=C\C/C=C\CCC)OC(=O)CCCCCCC/C=C\C/C=C\CCC. The number of unbranched alkanes of at least 4 members (excludes halogenated alkanes) is 13. The van der Waals surface area contributed by atoms with E-state index in [9.17, 15) is 43.5 Å². The van der Waals surface area contributed by atoms with E-state index in [0.717, 1.165) is 135 Å². The summed E-state index contributed by atoms with van der Waals surface area (Å²) in [6.07, 6.45) is 57.5. The third-order valence-corrected chi connectivity index (χ3v) is 13.3.